The minimum atomic E-state index is -6.73. The van der Waals surface area contributed by atoms with Crippen molar-refractivity contribution in [1.82, 2.24) is 5.01 Å². The number of methoxy groups -OCH3 is 1. The Kier molecular flexibility index (Phi) is 6.51. The fourth-order valence-corrected chi connectivity index (χ4v) is 3.88. The molecule has 200 valence electrons. The highest BCUT2D eigenvalue weighted by molar-refractivity contribution is 6.03. The summed E-state index contributed by atoms with van der Waals surface area (Å²) in [4.78, 5) is 12.9. The van der Waals surface area contributed by atoms with E-state index in [0.29, 0.717) is 22.8 Å². The molecule has 0 unspecified atom stereocenters. The van der Waals surface area contributed by atoms with Crippen molar-refractivity contribution in [2.45, 2.75) is 43.0 Å². The lowest BCUT2D eigenvalue weighted by Crippen LogP contribution is -2.69. The van der Waals surface area contributed by atoms with E-state index in [1.165, 1.54) is 49.6 Å². The number of halogens is 7. The van der Waals surface area contributed by atoms with Crippen LogP contribution < -0.4 is 14.2 Å². The van der Waals surface area contributed by atoms with E-state index in [2.05, 4.69) is 5.10 Å². The molecule has 4 rings (SSSR count). The van der Waals surface area contributed by atoms with Crippen LogP contribution in [0.25, 0.3) is 0 Å². The maximum Gasteiger partial charge on any atom is 0.460 e. The molecule has 2 aromatic carbocycles. The average molecular weight is 536 g/mol. The van der Waals surface area contributed by atoms with Gasteiger partial charge in [0.25, 0.3) is 0 Å². The van der Waals surface area contributed by atoms with Crippen LogP contribution in [0.1, 0.15) is 24.0 Å². The van der Waals surface area contributed by atoms with Crippen LogP contribution in [0.2, 0.25) is 0 Å². The Morgan fingerprint density at radius 2 is 1.70 bits per heavy atom. The number of alkyl halides is 7. The Balaban J connectivity index is 1.66. The Hall–Kier alpha value is -3.55. The van der Waals surface area contributed by atoms with Crippen molar-refractivity contribution in [3.8, 4) is 17.2 Å². The van der Waals surface area contributed by atoms with Crippen molar-refractivity contribution in [3.05, 3.63) is 53.6 Å². The summed E-state index contributed by atoms with van der Waals surface area (Å²) in [5.74, 6) is -13.2. The van der Waals surface area contributed by atoms with Gasteiger partial charge in [-0.25, -0.2) is 0 Å². The zero-order chi connectivity index (χ0) is 27.2. The Morgan fingerprint density at radius 3 is 2.32 bits per heavy atom. The zero-order valence-electron chi connectivity index (χ0n) is 19.0. The van der Waals surface area contributed by atoms with E-state index in [0.717, 1.165) is 0 Å². The van der Waals surface area contributed by atoms with E-state index in [1.807, 2.05) is 0 Å². The Labute approximate surface area is 205 Å². The highest BCUT2D eigenvalue weighted by atomic mass is 19.4. The number of benzene rings is 2. The van der Waals surface area contributed by atoms with Crippen molar-refractivity contribution in [3.63, 3.8) is 0 Å². The molecule has 37 heavy (non-hydrogen) atoms. The average Bonchev–Trinajstić information content (AvgIpc) is 3.46. The lowest BCUT2D eigenvalue weighted by Gasteiger charge is -2.41. The van der Waals surface area contributed by atoms with Crippen molar-refractivity contribution in [2.24, 2.45) is 5.10 Å². The maximum atomic E-state index is 14.9. The van der Waals surface area contributed by atoms with Crippen LogP contribution in [-0.4, -0.2) is 59.4 Å². The molecule has 0 spiro atoms. The van der Waals surface area contributed by atoms with Gasteiger partial charge in [-0.2, -0.15) is 40.8 Å². The predicted octanol–water partition coefficient (Wildman–Crippen LogP) is 4.51. The summed E-state index contributed by atoms with van der Waals surface area (Å²) in [6, 6.07) is 9.76. The van der Waals surface area contributed by atoms with Gasteiger partial charge in [0.05, 0.1) is 12.8 Å². The fraction of sp³-hybridized carbons (Fsp3) is 0.391. The first-order chi connectivity index (χ1) is 17.2. The lowest BCUT2D eigenvalue weighted by atomic mass is 9.91. The van der Waals surface area contributed by atoms with Gasteiger partial charge in [0.2, 0.25) is 18.4 Å². The number of carbonyl (C=O) groups is 1. The van der Waals surface area contributed by atoms with Gasteiger partial charge in [0.15, 0.2) is 11.5 Å². The van der Waals surface area contributed by atoms with Gasteiger partial charge < -0.3 is 19.3 Å². The summed E-state index contributed by atoms with van der Waals surface area (Å²) in [6.45, 7) is -0.0378. The van der Waals surface area contributed by atoms with Gasteiger partial charge in [-0.05, 0) is 53.9 Å². The number of amides is 1. The fourth-order valence-electron chi connectivity index (χ4n) is 3.88. The van der Waals surface area contributed by atoms with Crippen LogP contribution in [0.4, 0.5) is 30.7 Å². The second kappa shape index (κ2) is 9.08. The van der Waals surface area contributed by atoms with E-state index < -0.39 is 48.2 Å². The van der Waals surface area contributed by atoms with Crippen LogP contribution in [0, 0.1) is 0 Å². The summed E-state index contributed by atoms with van der Waals surface area (Å²) < 4.78 is 112. The van der Waals surface area contributed by atoms with E-state index in [-0.39, 0.29) is 23.8 Å². The first-order valence-corrected chi connectivity index (χ1v) is 10.7. The van der Waals surface area contributed by atoms with Gasteiger partial charge in [0, 0.05) is 12.8 Å². The monoisotopic (exact) mass is 536 g/mol. The van der Waals surface area contributed by atoms with Crippen LogP contribution in [0.5, 0.6) is 17.2 Å². The number of carbonyl (C=O) groups excluding carboxylic acids is 1. The normalized spacial score (nSPS) is 19.7. The summed E-state index contributed by atoms with van der Waals surface area (Å²) in [5.41, 5.74) is -4.37. The number of hydrogen-bond acceptors (Lipinski definition) is 6. The second-order valence-electron chi connectivity index (χ2n) is 8.31. The number of nitrogens with zero attached hydrogens (tertiary/aromatic N) is 2. The smallest absolute Gasteiger partial charge is 0.460 e. The topological polar surface area (TPSA) is 80.6 Å². The van der Waals surface area contributed by atoms with Crippen molar-refractivity contribution >= 4 is 11.6 Å². The van der Waals surface area contributed by atoms with Crippen molar-refractivity contribution < 1.29 is 54.8 Å². The number of hydrogen-bond donors (Lipinski definition) is 1. The highest BCUT2D eigenvalue weighted by Gasteiger charge is 2.82. The molecule has 1 atom stereocenters. The first kappa shape index (κ1) is 26.5. The molecule has 2 aromatic rings. The molecule has 2 aliphatic heterocycles. The number of hydrazone groups is 1. The quantitative estimate of drug-likeness (QED) is 0.527. The largest absolute Gasteiger partial charge is 0.497 e. The molecule has 0 aliphatic carbocycles. The van der Waals surface area contributed by atoms with Crippen molar-refractivity contribution in [1.29, 1.82) is 0 Å². The van der Waals surface area contributed by atoms with Crippen LogP contribution >= 0.6 is 0 Å². The minimum Gasteiger partial charge on any atom is -0.497 e. The molecule has 2 heterocycles. The molecule has 2 aliphatic rings. The second-order valence-corrected chi connectivity index (χ2v) is 8.31. The first-order valence-electron chi connectivity index (χ1n) is 10.7. The molecule has 0 radical (unpaired) electrons. The summed E-state index contributed by atoms with van der Waals surface area (Å²) in [5, 5.41) is 13.9. The third-order valence-corrected chi connectivity index (χ3v) is 5.96. The van der Waals surface area contributed by atoms with E-state index in [4.69, 9.17) is 14.2 Å². The number of aryl methyl sites for hydroxylation is 1. The lowest BCUT2D eigenvalue weighted by molar-refractivity contribution is -0.401. The van der Waals surface area contributed by atoms with Gasteiger partial charge >= 0.3 is 18.0 Å². The number of fused-ring (bicyclic) bond motifs is 1. The van der Waals surface area contributed by atoms with Gasteiger partial charge in [-0.1, -0.05) is 6.07 Å². The van der Waals surface area contributed by atoms with Crippen LogP contribution in [0.3, 0.4) is 0 Å². The Bertz CT molecular complexity index is 1220. The highest BCUT2D eigenvalue weighted by Crippen LogP contribution is 2.54. The summed E-state index contributed by atoms with van der Waals surface area (Å²) in [6.07, 6.45) is -9.03. The maximum absolute atomic E-state index is 14.9. The molecule has 0 fully saturated rings. The van der Waals surface area contributed by atoms with Crippen LogP contribution in [0.15, 0.2) is 47.6 Å². The molecule has 0 aromatic heterocycles. The molecular formula is C23H19F7N2O5. The standard InChI is InChI=1S/C23H19F7N2O5/c1-35-15-6-4-14(5-7-15)16-11-20(34,21(24,25)22(26,27)23(28,29)30)32(31-16)19(33)9-3-13-2-8-17-18(10-13)37-12-36-17/h2,4-8,10,34H,3,9,11-12H2,1H3/t20-/m0/s1. The molecule has 1 N–H and O–H groups in total. The molecule has 0 bridgehead atoms. The molecule has 0 saturated heterocycles. The van der Waals surface area contributed by atoms with Gasteiger partial charge in [0.1, 0.15) is 5.75 Å². The van der Waals surface area contributed by atoms with Crippen LogP contribution in [-0.2, 0) is 11.2 Å². The number of aliphatic hydroxyl groups is 1. The van der Waals surface area contributed by atoms with Gasteiger partial charge in [-0.3, -0.25) is 4.79 Å². The van der Waals surface area contributed by atoms with Gasteiger partial charge in [-0.15, -0.1) is 0 Å². The molecule has 14 heteroatoms. The molecule has 1 amide bonds. The molecule has 0 saturated carbocycles. The number of ether oxygens (including phenoxy) is 3. The van der Waals surface area contributed by atoms with E-state index in [9.17, 15) is 40.6 Å². The Morgan fingerprint density at radius 1 is 1.05 bits per heavy atom. The minimum absolute atomic E-state index is 0.00331. The summed E-state index contributed by atoms with van der Waals surface area (Å²) >= 11 is 0. The van der Waals surface area contributed by atoms with E-state index in [1.54, 1.807) is 0 Å². The van der Waals surface area contributed by atoms with E-state index >= 15 is 0 Å². The predicted molar refractivity (Wildman–Crippen MR) is 113 cm³/mol. The SMILES string of the molecule is COc1ccc(C2=NN(C(=O)CCc3ccc4c(c3)OCO4)[C@@](O)(C(F)(F)C(F)(F)C(F)(F)F)C2)cc1. The van der Waals surface area contributed by atoms with Crippen molar-refractivity contribution in [2.75, 3.05) is 13.9 Å². The molecule has 7 nitrogen and oxygen atoms in total. The zero-order valence-corrected chi connectivity index (χ0v) is 19.0. The summed E-state index contributed by atoms with van der Waals surface area (Å²) in [7, 11) is 1.33. The third-order valence-electron chi connectivity index (χ3n) is 5.96. The third kappa shape index (κ3) is 4.43. The molecular weight excluding hydrogens is 517 g/mol. The number of rotatable bonds is 7.